The zero-order valence-corrected chi connectivity index (χ0v) is 8.54. The zero-order chi connectivity index (χ0) is 10.3. The summed E-state index contributed by atoms with van der Waals surface area (Å²) in [7, 11) is 0. The van der Waals surface area contributed by atoms with E-state index < -0.39 is 0 Å². The first-order chi connectivity index (χ1) is 6.59. The molecule has 0 aromatic carbocycles. The van der Waals surface area contributed by atoms with Crippen molar-refractivity contribution in [2.75, 3.05) is 0 Å². The van der Waals surface area contributed by atoms with E-state index >= 15 is 0 Å². The van der Waals surface area contributed by atoms with Gasteiger partial charge in [0.15, 0.2) is 11.6 Å². The van der Waals surface area contributed by atoms with Crippen LogP contribution in [-0.4, -0.2) is 11.6 Å². The largest absolute Gasteiger partial charge is 0.294 e. The van der Waals surface area contributed by atoms with Crippen molar-refractivity contribution >= 4 is 11.6 Å². The third-order valence-electron chi connectivity index (χ3n) is 3.20. The minimum absolute atomic E-state index is 0.0718. The third kappa shape index (κ3) is 1.35. The second kappa shape index (κ2) is 3.19. The third-order valence-corrected chi connectivity index (χ3v) is 3.20. The van der Waals surface area contributed by atoms with Gasteiger partial charge in [-0.15, -0.1) is 0 Å². The summed E-state index contributed by atoms with van der Waals surface area (Å²) in [6, 6.07) is 0. The lowest BCUT2D eigenvalue weighted by molar-refractivity contribution is -0.129. The number of carbonyl (C=O) groups excluding carboxylic acids is 2. The molecule has 0 amide bonds. The molecule has 0 spiro atoms. The maximum absolute atomic E-state index is 11.8. The average Bonchev–Trinajstić information content (AvgIpc) is 2.14. The van der Waals surface area contributed by atoms with Crippen molar-refractivity contribution in [1.29, 1.82) is 0 Å². The zero-order valence-electron chi connectivity index (χ0n) is 8.54. The van der Waals surface area contributed by atoms with E-state index in [-0.39, 0.29) is 23.4 Å². The quantitative estimate of drug-likeness (QED) is 0.548. The van der Waals surface area contributed by atoms with Crippen LogP contribution in [0.25, 0.3) is 0 Å². The smallest absolute Gasteiger partial charge is 0.162 e. The number of Topliss-reactive ketones (excluding diaryl/α,β-unsaturated/α-hetero) is 1. The van der Waals surface area contributed by atoms with Crippen LogP contribution < -0.4 is 0 Å². The van der Waals surface area contributed by atoms with Gasteiger partial charge < -0.3 is 0 Å². The van der Waals surface area contributed by atoms with Crippen LogP contribution in [0.15, 0.2) is 23.3 Å². The molecule has 2 aliphatic carbocycles. The van der Waals surface area contributed by atoms with E-state index in [1.54, 1.807) is 6.92 Å². The molecule has 0 heterocycles. The molecule has 0 fully saturated rings. The number of rotatable bonds is 0. The Morgan fingerprint density at radius 3 is 2.64 bits per heavy atom. The fraction of sp³-hybridized carbons (Fsp3) is 0.500. The predicted molar refractivity (Wildman–Crippen MR) is 53.7 cm³/mol. The van der Waals surface area contributed by atoms with Crippen LogP contribution in [-0.2, 0) is 9.59 Å². The maximum Gasteiger partial charge on any atom is 0.162 e. The van der Waals surface area contributed by atoms with Crippen molar-refractivity contribution in [3.63, 3.8) is 0 Å². The van der Waals surface area contributed by atoms with E-state index in [0.29, 0.717) is 5.57 Å². The molecule has 2 rings (SSSR count). The van der Waals surface area contributed by atoms with E-state index in [4.69, 9.17) is 0 Å². The average molecular weight is 190 g/mol. The Morgan fingerprint density at radius 1 is 1.21 bits per heavy atom. The van der Waals surface area contributed by atoms with E-state index in [2.05, 4.69) is 6.08 Å². The lowest BCUT2D eigenvalue weighted by Crippen LogP contribution is -2.35. The van der Waals surface area contributed by atoms with E-state index in [1.165, 1.54) is 11.6 Å². The van der Waals surface area contributed by atoms with Crippen molar-refractivity contribution in [3.05, 3.63) is 23.3 Å². The number of carbonyl (C=O) groups is 2. The van der Waals surface area contributed by atoms with Crippen LogP contribution in [0.1, 0.15) is 26.7 Å². The monoisotopic (exact) mass is 190 g/mol. The topological polar surface area (TPSA) is 34.1 Å². The molecule has 0 unspecified atom stereocenters. The Balaban J connectivity index is 2.36. The second-order valence-electron chi connectivity index (χ2n) is 4.30. The van der Waals surface area contributed by atoms with Crippen molar-refractivity contribution < 1.29 is 9.59 Å². The van der Waals surface area contributed by atoms with Crippen molar-refractivity contribution in [2.24, 2.45) is 11.8 Å². The first-order valence-electron chi connectivity index (χ1n) is 5.01. The molecule has 0 saturated heterocycles. The van der Waals surface area contributed by atoms with Gasteiger partial charge in [0.05, 0.1) is 0 Å². The van der Waals surface area contributed by atoms with Crippen molar-refractivity contribution in [2.45, 2.75) is 26.7 Å². The number of allylic oxidation sites excluding steroid dienone is 4. The minimum atomic E-state index is -0.0742. The molecule has 2 atom stereocenters. The highest BCUT2D eigenvalue weighted by Crippen LogP contribution is 2.35. The molecule has 0 radical (unpaired) electrons. The molecule has 0 bridgehead atoms. The number of fused-ring (bicyclic) bond motifs is 1. The molecule has 2 aliphatic rings. The van der Waals surface area contributed by atoms with E-state index in [0.717, 1.165) is 12.8 Å². The van der Waals surface area contributed by atoms with Gasteiger partial charge in [-0.05, 0) is 38.3 Å². The van der Waals surface area contributed by atoms with Gasteiger partial charge in [0.25, 0.3) is 0 Å². The number of hydrogen-bond acceptors (Lipinski definition) is 2. The molecule has 14 heavy (non-hydrogen) atoms. The molecule has 74 valence electrons. The summed E-state index contributed by atoms with van der Waals surface area (Å²) in [6.07, 6.45) is 5.10. The van der Waals surface area contributed by atoms with Crippen molar-refractivity contribution in [3.8, 4) is 0 Å². The van der Waals surface area contributed by atoms with Crippen LogP contribution in [0.4, 0.5) is 0 Å². The van der Waals surface area contributed by atoms with Gasteiger partial charge in [-0.1, -0.05) is 11.6 Å². The molecule has 0 N–H and O–H groups in total. The van der Waals surface area contributed by atoms with Gasteiger partial charge in [0.2, 0.25) is 0 Å². The van der Waals surface area contributed by atoms with Gasteiger partial charge in [0, 0.05) is 11.8 Å². The van der Waals surface area contributed by atoms with Crippen molar-refractivity contribution in [1.82, 2.24) is 0 Å². The Labute approximate surface area is 83.7 Å². The molecular formula is C12H14O2. The predicted octanol–water partition coefficient (Wildman–Crippen LogP) is 2.06. The summed E-state index contributed by atoms with van der Waals surface area (Å²) in [5.41, 5.74) is 1.87. The summed E-state index contributed by atoms with van der Waals surface area (Å²) < 4.78 is 0. The summed E-state index contributed by atoms with van der Waals surface area (Å²) in [5, 5.41) is 0. The van der Waals surface area contributed by atoms with Gasteiger partial charge in [-0.2, -0.15) is 0 Å². The molecule has 0 saturated carbocycles. The SMILES string of the molecule is CC1=CC[C@@H]2C(=O)C=C(C)C(=O)[C@@H]2C1. The summed E-state index contributed by atoms with van der Waals surface area (Å²) in [6.45, 7) is 3.77. The maximum atomic E-state index is 11.8. The summed E-state index contributed by atoms with van der Waals surface area (Å²) >= 11 is 0. The van der Waals surface area contributed by atoms with Crippen LogP contribution in [0, 0.1) is 11.8 Å². The second-order valence-corrected chi connectivity index (χ2v) is 4.30. The number of ketones is 2. The molecule has 0 aliphatic heterocycles. The standard InChI is InChI=1S/C12H14O2/c1-7-3-4-9-10(5-7)12(14)8(2)6-11(9)13/h3,6,9-10H,4-5H2,1-2H3/t9-,10+/m0/s1. The lowest BCUT2D eigenvalue weighted by atomic mass is 9.71. The number of hydrogen-bond donors (Lipinski definition) is 0. The molecule has 0 aromatic rings. The first kappa shape index (κ1) is 9.38. The van der Waals surface area contributed by atoms with Crippen LogP contribution >= 0.6 is 0 Å². The van der Waals surface area contributed by atoms with Crippen LogP contribution in [0.3, 0.4) is 0 Å². The highest BCUT2D eigenvalue weighted by Gasteiger charge is 2.38. The Bertz CT molecular complexity index is 361. The lowest BCUT2D eigenvalue weighted by Gasteiger charge is -2.31. The summed E-state index contributed by atoms with van der Waals surface area (Å²) in [4.78, 5) is 23.4. The molecule has 0 aromatic heterocycles. The molecular weight excluding hydrogens is 176 g/mol. The van der Waals surface area contributed by atoms with Gasteiger partial charge in [-0.25, -0.2) is 0 Å². The molecule has 2 heteroatoms. The van der Waals surface area contributed by atoms with Gasteiger partial charge >= 0.3 is 0 Å². The fourth-order valence-corrected chi connectivity index (χ4v) is 2.34. The summed E-state index contributed by atoms with van der Waals surface area (Å²) in [5.74, 6) is 0.158. The highest BCUT2D eigenvalue weighted by atomic mass is 16.1. The molecule has 2 nitrogen and oxygen atoms in total. The van der Waals surface area contributed by atoms with Crippen LogP contribution in [0.5, 0.6) is 0 Å². The fourth-order valence-electron chi connectivity index (χ4n) is 2.34. The van der Waals surface area contributed by atoms with E-state index in [1.807, 2.05) is 6.92 Å². The van der Waals surface area contributed by atoms with Crippen LogP contribution in [0.2, 0.25) is 0 Å². The Hall–Kier alpha value is -1.18. The Morgan fingerprint density at radius 2 is 1.93 bits per heavy atom. The first-order valence-corrected chi connectivity index (χ1v) is 5.01. The van der Waals surface area contributed by atoms with Gasteiger partial charge in [0.1, 0.15) is 0 Å². The highest BCUT2D eigenvalue weighted by molar-refractivity contribution is 6.10. The van der Waals surface area contributed by atoms with E-state index in [9.17, 15) is 9.59 Å². The van der Waals surface area contributed by atoms with Gasteiger partial charge in [-0.3, -0.25) is 9.59 Å². The minimum Gasteiger partial charge on any atom is -0.294 e. The Kier molecular flexibility index (Phi) is 2.14. The normalized spacial score (nSPS) is 32.1.